The molecular formula is C28H29ClN2O6S. The van der Waals surface area contributed by atoms with Crippen molar-refractivity contribution in [3.8, 4) is 11.1 Å². The van der Waals surface area contributed by atoms with Crippen LogP contribution < -0.4 is 5.32 Å². The van der Waals surface area contributed by atoms with E-state index in [1.165, 1.54) is 26.0 Å². The summed E-state index contributed by atoms with van der Waals surface area (Å²) in [6.07, 6.45) is 0.0911. The van der Waals surface area contributed by atoms with Gasteiger partial charge in [-0.1, -0.05) is 66.2 Å². The molecule has 0 aliphatic heterocycles. The topological polar surface area (TPSA) is 124 Å². The molecule has 200 valence electrons. The first kappa shape index (κ1) is 27.8. The van der Waals surface area contributed by atoms with Gasteiger partial charge in [-0.2, -0.15) is 4.31 Å². The lowest BCUT2D eigenvalue weighted by Gasteiger charge is -2.30. The van der Waals surface area contributed by atoms with Crippen LogP contribution in [0, 0.1) is 0 Å². The lowest BCUT2D eigenvalue weighted by atomic mass is 10.1. The molecule has 1 fully saturated rings. The molecule has 0 spiro atoms. The molecule has 1 aliphatic carbocycles. The Morgan fingerprint density at radius 1 is 1.00 bits per heavy atom. The number of nitrogens with one attached hydrogen (secondary N) is 1. The Kier molecular flexibility index (Phi) is 7.67. The summed E-state index contributed by atoms with van der Waals surface area (Å²) in [6, 6.07) is 22.2. The lowest BCUT2D eigenvalue weighted by Crippen LogP contribution is -2.52. The van der Waals surface area contributed by atoms with E-state index in [0.717, 1.165) is 15.4 Å². The minimum Gasteiger partial charge on any atom is -0.480 e. The Bertz CT molecular complexity index is 1420. The van der Waals surface area contributed by atoms with Crippen molar-refractivity contribution in [1.82, 2.24) is 9.62 Å². The van der Waals surface area contributed by atoms with Gasteiger partial charge in [-0.15, -0.1) is 0 Å². The average Bonchev–Trinajstić information content (AvgIpc) is 3.63. The number of nitrogens with zero attached hydrogens (tertiary/aromatic N) is 1. The summed E-state index contributed by atoms with van der Waals surface area (Å²) < 4.78 is 28.9. The Labute approximate surface area is 226 Å². The molecule has 8 nitrogen and oxygen atoms in total. The third kappa shape index (κ3) is 5.47. The Morgan fingerprint density at radius 3 is 2.08 bits per heavy atom. The fourth-order valence-corrected chi connectivity index (χ4v) is 6.46. The normalized spacial score (nSPS) is 19.2. The van der Waals surface area contributed by atoms with E-state index in [2.05, 4.69) is 5.32 Å². The monoisotopic (exact) mass is 556 g/mol. The van der Waals surface area contributed by atoms with Crippen molar-refractivity contribution in [2.75, 3.05) is 13.1 Å². The smallest absolute Gasteiger partial charge is 0.325 e. The summed E-state index contributed by atoms with van der Waals surface area (Å²) in [4.78, 5) is 24.8. The van der Waals surface area contributed by atoms with Crippen LogP contribution in [0.3, 0.4) is 0 Å². The lowest BCUT2D eigenvalue weighted by molar-refractivity contribution is -0.143. The Morgan fingerprint density at radius 2 is 1.55 bits per heavy atom. The van der Waals surface area contributed by atoms with Gasteiger partial charge in [0.15, 0.2) is 0 Å². The molecule has 1 amide bonds. The van der Waals surface area contributed by atoms with Gasteiger partial charge in [-0.25, -0.2) is 8.42 Å². The van der Waals surface area contributed by atoms with E-state index in [9.17, 15) is 28.2 Å². The number of carboxylic acids is 1. The van der Waals surface area contributed by atoms with E-state index in [-0.39, 0.29) is 24.4 Å². The van der Waals surface area contributed by atoms with Crippen LogP contribution in [0.4, 0.5) is 0 Å². The van der Waals surface area contributed by atoms with Gasteiger partial charge < -0.3 is 15.5 Å². The molecule has 0 radical (unpaired) electrons. The van der Waals surface area contributed by atoms with Gasteiger partial charge in [-0.3, -0.25) is 9.59 Å². The highest BCUT2D eigenvalue weighted by atomic mass is 35.5. The van der Waals surface area contributed by atoms with Gasteiger partial charge in [0.1, 0.15) is 11.1 Å². The molecule has 3 N–H and O–H groups in total. The first-order valence-electron chi connectivity index (χ1n) is 12.1. The van der Waals surface area contributed by atoms with Crippen molar-refractivity contribution in [2.45, 2.75) is 42.2 Å². The van der Waals surface area contributed by atoms with Crippen LogP contribution in [-0.4, -0.2) is 59.0 Å². The zero-order valence-electron chi connectivity index (χ0n) is 21.0. The van der Waals surface area contributed by atoms with Crippen molar-refractivity contribution in [1.29, 1.82) is 0 Å². The third-order valence-corrected chi connectivity index (χ3v) is 8.93. The van der Waals surface area contributed by atoms with Crippen LogP contribution in [0.15, 0.2) is 83.8 Å². The van der Waals surface area contributed by atoms with Gasteiger partial charge in [0, 0.05) is 24.0 Å². The van der Waals surface area contributed by atoms with Gasteiger partial charge in [-0.05, 0) is 61.2 Å². The highest BCUT2D eigenvalue weighted by molar-refractivity contribution is 7.89. The number of hydrogen-bond donors (Lipinski definition) is 3. The minimum absolute atomic E-state index is 0.0663. The minimum atomic E-state index is -4.30. The SMILES string of the molecule is CC(C)(O)C(=O)NCCN([C@]1(C(=O)O)C[C@H]1c1ccccc1)S(=O)(=O)c1ccc(-c2ccc(Cl)cc2)cc1. The Hall–Kier alpha value is -3.24. The summed E-state index contributed by atoms with van der Waals surface area (Å²) >= 11 is 5.96. The van der Waals surface area contributed by atoms with Crippen LogP contribution in [-0.2, 0) is 19.6 Å². The molecular weight excluding hydrogens is 528 g/mol. The largest absolute Gasteiger partial charge is 0.480 e. The van der Waals surface area contributed by atoms with Crippen LogP contribution in [0.25, 0.3) is 11.1 Å². The number of aliphatic carboxylic acids is 1. The molecule has 3 aromatic rings. The first-order valence-corrected chi connectivity index (χ1v) is 13.9. The third-order valence-electron chi connectivity index (χ3n) is 6.72. The quantitative estimate of drug-likeness (QED) is 0.348. The number of carbonyl (C=O) groups excluding carboxylic acids is 1. The molecule has 0 bridgehead atoms. The standard InChI is InChI=1S/C28H29ClN2O6S/c1-27(2,35)25(32)30-16-17-31(28(26(33)34)18-24(28)21-6-4-3-5-7-21)38(36,37)23-14-10-20(11-15-23)19-8-12-22(29)13-9-19/h3-15,24,35H,16-18H2,1-2H3,(H,30,32)(H,33,34)/t24-,28+/m0/s1. The van der Waals surface area contributed by atoms with E-state index in [1.807, 2.05) is 12.1 Å². The molecule has 10 heteroatoms. The van der Waals surface area contributed by atoms with Crippen molar-refractivity contribution < 1.29 is 28.2 Å². The summed E-state index contributed by atoms with van der Waals surface area (Å²) in [5, 5.41) is 23.3. The first-order chi connectivity index (χ1) is 17.9. The molecule has 0 heterocycles. The fourth-order valence-electron chi connectivity index (χ4n) is 4.56. The summed E-state index contributed by atoms with van der Waals surface area (Å²) in [7, 11) is -4.30. The highest BCUT2D eigenvalue weighted by Gasteiger charge is 2.67. The molecule has 0 aromatic heterocycles. The predicted octanol–water partition coefficient (Wildman–Crippen LogP) is 3.90. The second-order valence-corrected chi connectivity index (χ2v) is 12.1. The number of halogens is 1. The van der Waals surface area contributed by atoms with E-state index in [0.29, 0.717) is 10.6 Å². The molecule has 1 saturated carbocycles. The molecule has 38 heavy (non-hydrogen) atoms. The van der Waals surface area contributed by atoms with Crippen molar-refractivity contribution in [3.63, 3.8) is 0 Å². The molecule has 0 unspecified atom stereocenters. The highest BCUT2D eigenvalue weighted by Crippen LogP contribution is 2.57. The molecule has 0 saturated heterocycles. The summed E-state index contributed by atoms with van der Waals surface area (Å²) in [5.41, 5.74) is -1.05. The van der Waals surface area contributed by atoms with Gasteiger partial charge >= 0.3 is 5.97 Å². The zero-order valence-corrected chi connectivity index (χ0v) is 22.5. The van der Waals surface area contributed by atoms with Crippen molar-refractivity contribution in [3.05, 3.63) is 89.4 Å². The number of carboxylic acid groups (broad SMARTS) is 1. The summed E-state index contributed by atoms with van der Waals surface area (Å²) in [6.45, 7) is 2.15. The van der Waals surface area contributed by atoms with Crippen LogP contribution >= 0.6 is 11.6 Å². The van der Waals surface area contributed by atoms with E-state index in [4.69, 9.17) is 11.6 Å². The van der Waals surface area contributed by atoms with Gasteiger partial charge in [0.05, 0.1) is 4.90 Å². The molecule has 2 atom stereocenters. The maximum atomic E-state index is 13.9. The predicted molar refractivity (Wildman–Crippen MR) is 144 cm³/mol. The summed E-state index contributed by atoms with van der Waals surface area (Å²) in [5.74, 6) is -2.52. The average molecular weight is 557 g/mol. The fraction of sp³-hybridized carbons (Fsp3) is 0.286. The number of carbonyl (C=O) groups is 2. The second kappa shape index (κ2) is 10.5. The maximum absolute atomic E-state index is 13.9. The van der Waals surface area contributed by atoms with E-state index >= 15 is 0 Å². The number of benzene rings is 3. The number of hydrogen-bond acceptors (Lipinski definition) is 5. The Balaban J connectivity index is 1.69. The van der Waals surface area contributed by atoms with E-state index < -0.39 is 39.0 Å². The van der Waals surface area contributed by atoms with Crippen molar-refractivity contribution >= 4 is 33.5 Å². The number of amides is 1. The van der Waals surface area contributed by atoms with Crippen LogP contribution in [0.5, 0.6) is 0 Å². The van der Waals surface area contributed by atoms with Gasteiger partial charge in [0.2, 0.25) is 10.0 Å². The van der Waals surface area contributed by atoms with Crippen molar-refractivity contribution in [2.24, 2.45) is 0 Å². The second-order valence-electron chi connectivity index (χ2n) is 9.82. The van der Waals surface area contributed by atoms with Gasteiger partial charge in [0.25, 0.3) is 5.91 Å². The number of rotatable bonds is 10. The molecule has 1 aliphatic rings. The zero-order chi connectivity index (χ0) is 27.7. The maximum Gasteiger partial charge on any atom is 0.325 e. The van der Waals surface area contributed by atoms with E-state index in [1.54, 1.807) is 54.6 Å². The van der Waals surface area contributed by atoms with Crippen LogP contribution in [0.1, 0.15) is 31.7 Å². The number of sulfonamides is 1. The molecule has 3 aromatic carbocycles. The van der Waals surface area contributed by atoms with Crippen LogP contribution in [0.2, 0.25) is 5.02 Å². The molecule has 4 rings (SSSR count). The number of aliphatic hydroxyl groups is 1.